The first kappa shape index (κ1) is 14.4. The summed E-state index contributed by atoms with van der Waals surface area (Å²) in [6, 6.07) is 7.99. The van der Waals surface area contributed by atoms with Crippen LogP contribution in [0.5, 0.6) is 5.75 Å². The normalized spacial score (nSPS) is 22.2. The van der Waals surface area contributed by atoms with Crippen LogP contribution >= 0.6 is 15.9 Å². The van der Waals surface area contributed by atoms with Gasteiger partial charge in [-0.3, -0.25) is 4.79 Å². The smallest absolute Gasteiger partial charge is 0.305 e. The van der Waals surface area contributed by atoms with E-state index in [0.717, 1.165) is 24.2 Å². The zero-order valence-corrected chi connectivity index (χ0v) is 12.7. The van der Waals surface area contributed by atoms with E-state index in [2.05, 4.69) is 20.7 Å². The van der Waals surface area contributed by atoms with Crippen molar-refractivity contribution in [2.75, 3.05) is 7.11 Å². The lowest BCUT2D eigenvalue weighted by Gasteiger charge is -2.13. The Kier molecular flexibility index (Phi) is 5.25. The Labute approximate surface area is 122 Å². The molecule has 2 atom stereocenters. The number of halogens is 1. The molecule has 0 aromatic heterocycles. The average Bonchev–Trinajstić information content (AvgIpc) is 2.83. The van der Waals surface area contributed by atoms with Gasteiger partial charge in [0.05, 0.1) is 13.2 Å². The minimum Gasteiger partial charge on any atom is -0.490 e. The molecule has 2 rings (SSSR count). The van der Waals surface area contributed by atoms with Crippen LogP contribution in [0.3, 0.4) is 0 Å². The summed E-state index contributed by atoms with van der Waals surface area (Å²) in [7, 11) is 1.41. The van der Waals surface area contributed by atoms with Crippen LogP contribution in [-0.4, -0.2) is 24.0 Å². The minimum atomic E-state index is -0.172. The summed E-state index contributed by atoms with van der Waals surface area (Å²) < 4.78 is 10.6. The topological polar surface area (TPSA) is 35.5 Å². The third kappa shape index (κ3) is 4.53. The molecule has 0 radical (unpaired) electrons. The van der Waals surface area contributed by atoms with Gasteiger partial charge in [0.25, 0.3) is 0 Å². The van der Waals surface area contributed by atoms with Crippen LogP contribution in [0.4, 0.5) is 0 Å². The lowest BCUT2D eigenvalue weighted by atomic mass is 10.1. The van der Waals surface area contributed by atoms with Gasteiger partial charge in [0.2, 0.25) is 0 Å². The molecule has 3 nitrogen and oxygen atoms in total. The van der Waals surface area contributed by atoms with Gasteiger partial charge in [-0.15, -0.1) is 0 Å². The maximum atomic E-state index is 11.1. The monoisotopic (exact) mass is 326 g/mol. The van der Waals surface area contributed by atoms with Crippen molar-refractivity contribution in [2.24, 2.45) is 0 Å². The van der Waals surface area contributed by atoms with Crippen LogP contribution in [-0.2, 0) is 16.0 Å². The molecule has 0 saturated heterocycles. The number of benzene rings is 1. The Morgan fingerprint density at radius 3 is 2.63 bits per heavy atom. The highest BCUT2D eigenvalue weighted by Gasteiger charge is 2.23. The number of carbonyl (C=O) groups excluding carboxylic acids is 1. The molecule has 1 aliphatic rings. The summed E-state index contributed by atoms with van der Waals surface area (Å²) >= 11 is 3.62. The van der Waals surface area contributed by atoms with Crippen LogP contribution in [0.2, 0.25) is 0 Å². The maximum absolute atomic E-state index is 11.1. The number of hydrogen-bond donors (Lipinski definition) is 0. The van der Waals surface area contributed by atoms with Gasteiger partial charge in [0.15, 0.2) is 0 Å². The van der Waals surface area contributed by atoms with Crippen LogP contribution < -0.4 is 4.74 Å². The molecule has 0 bridgehead atoms. The molecule has 1 aliphatic carbocycles. The fourth-order valence-corrected chi connectivity index (χ4v) is 2.95. The van der Waals surface area contributed by atoms with Crippen molar-refractivity contribution in [3.05, 3.63) is 29.8 Å². The molecule has 0 amide bonds. The lowest BCUT2D eigenvalue weighted by molar-refractivity contribution is -0.140. The number of alkyl halides is 1. The van der Waals surface area contributed by atoms with Crippen LogP contribution in [0.1, 0.15) is 31.2 Å². The van der Waals surface area contributed by atoms with Crippen LogP contribution in [0.15, 0.2) is 24.3 Å². The van der Waals surface area contributed by atoms with E-state index in [-0.39, 0.29) is 5.97 Å². The van der Waals surface area contributed by atoms with Gasteiger partial charge in [-0.1, -0.05) is 28.1 Å². The minimum absolute atomic E-state index is 0.172. The molecule has 1 fully saturated rings. The van der Waals surface area contributed by atoms with Crippen molar-refractivity contribution in [3.63, 3.8) is 0 Å². The van der Waals surface area contributed by atoms with E-state index in [9.17, 15) is 4.79 Å². The molecule has 0 N–H and O–H groups in total. The van der Waals surface area contributed by atoms with Gasteiger partial charge in [0, 0.05) is 11.2 Å². The zero-order valence-electron chi connectivity index (χ0n) is 11.1. The SMILES string of the molecule is COC(=O)CCc1ccc(OC2CCC(Br)C2)cc1. The van der Waals surface area contributed by atoms with Crippen molar-refractivity contribution < 1.29 is 14.3 Å². The van der Waals surface area contributed by atoms with Gasteiger partial charge >= 0.3 is 5.97 Å². The van der Waals surface area contributed by atoms with Crippen LogP contribution in [0, 0.1) is 0 Å². The molecule has 2 unspecified atom stereocenters. The summed E-state index contributed by atoms with van der Waals surface area (Å²) in [5.74, 6) is 0.739. The highest BCUT2D eigenvalue weighted by Crippen LogP contribution is 2.29. The quantitative estimate of drug-likeness (QED) is 0.613. The molecule has 1 aromatic carbocycles. The van der Waals surface area contributed by atoms with Crippen LogP contribution in [0.25, 0.3) is 0 Å². The average molecular weight is 327 g/mol. The third-order valence-electron chi connectivity index (χ3n) is 3.39. The fourth-order valence-electron chi connectivity index (χ4n) is 2.27. The second-order valence-electron chi connectivity index (χ2n) is 4.87. The number of rotatable bonds is 5. The van der Waals surface area contributed by atoms with E-state index in [1.807, 2.05) is 24.3 Å². The Morgan fingerprint density at radius 1 is 1.32 bits per heavy atom. The molecule has 1 saturated carbocycles. The molecule has 1 aromatic rings. The maximum Gasteiger partial charge on any atom is 0.305 e. The van der Waals surface area contributed by atoms with Gasteiger partial charge in [-0.05, 0) is 43.4 Å². The molecule has 104 valence electrons. The number of methoxy groups -OCH3 is 1. The largest absolute Gasteiger partial charge is 0.490 e. The third-order valence-corrected chi connectivity index (χ3v) is 4.22. The summed E-state index contributed by atoms with van der Waals surface area (Å²) in [5, 5.41) is 0. The van der Waals surface area contributed by atoms with Crippen molar-refractivity contribution in [3.8, 4) is 5.75 Å². The molecule has 0 aliphatic heterocycles. The van der Waals surface area contributed by atoms with Gasteiger partial charge < -0.3 is 9.47 Å². The van der Waals surface area contributed by atoms with E-state index in [1.165, 1.54) is 13.5 Å². The first-order valence-corrected chi connectivity index (χ1v) is 7.55. The molecular weight excluding hydrogens is 308 g/mol. The predicted octanol–water partition coefficient (Wildman–Crippen LogP) is 3.49. The predicted molar refractivity (Wildman–Crippen MR) is 77.8 cm³/mol. The number of hydrogen-bond acceptors (Lipinski definition) is 3. The molecular formula is C15H19BrO3. The first-order chi connectivity index (χ1) is 9.17. The summed E-state index contributed by atoms with van der Waals surface area (Å²) in [5.41, 5.74) is 1.13. The van der Waals surface area contributed by atoms with Gasteiger partial charge in [0.1, 0.15) is 5.75 Å². The van der Waals surface area contributed by atoms with E-state index in [1.54, 1.807) is 0 Å². The second kappa shape index (κ2) is 6.94. The van der Waals surface area contributed by atoms with Gasteiger partial charge in [-0.25, -0.2) is 0 Å². The standard InChI is InChI=1S/C15H19BrO3/c1-18-15(17)9-4-11-2-6-13(7-3-11)19-14-8-5-12(16)10-14/h2-3,6-7,12,14H,4-5,8-10H2,1H3. The van der Waals surface area contributed by atoms with Crippen molar-refractivity contribution in [1.29, 1.82) is 0 Å². The lowest BCUT2D eigenvalue weighted by Crippen LogP contribution is -2.12. The number of carbonyl (C=O) groups is 1. The summed E-state index contributed by atoms with van der Waals surface area (Å²) in [6.07, 6.45) is 4.82. The Bertz CT molecular complexity index is 416. The number of ether oxygens (including phenoxy) is 2. The van der Waals surface area contributed by atoms with E-state index >= 15 is 0 Å². The van der Waals surface area contributed by atoms with E-state index < -0.39 is 0 Å². The second-order valence-corrected chi connectivity index (χ2v) is 6.17. The Hall–Kier alpha value is -1.03. The first-order valence-electron chi connectivity index (χ1n) is 6.64. The molecule has 4 heteroatoms. The summed E-state index contributed by atoms with van der Waals surface area (Å²) in [4.78, 5) is 11.7. The van der Waals surface area contributed by atoms with Gasteiger partial charge in [-0.2, -0.15) is 0 Å². The summed E-state index contributed by atoms with van der Waals surface area (Å²) in [6.45, 7) is 0. The van der Waals surface area contributed by atoms with Crippen molar-refractivity contribution >= 4 is 21.9 Å². The van der Waals surface area contributed by atoms with Crippen molar-refractivity contribution in [1.82, 2.24) is 0 Å². The highest BCUT2D eigenvalue weighted by atomic mass is 79.9. The number of aryl methyl sites for hydroxylation is 1. The zero-order chi connectivity index (χ0) is 13.7. The fraction of sp³-hybridized carbons (Fsp3) is 0.533. The molecule has 0 spiro atoms. The Morgan fingerprint density at radius 2 is 2.05 bits per heavy atom. The molecule has 0 heterocycles. The highest BCUT2D eigenvalue weighted by molar-refractivity contribution is 9.09. The van der Waals surface area contributed by atoms with Crippen molar-refractivity contribution in [2.45, 2.75) is 43.0 Å². The Balaban J connectivity index is 1.82. The van der Waals surface area contributed by atoms with E-state index in [0.29, 0.717) is 23.8 Å². The molecule has 19 heavy (non-hydrogen) atoms. The number of esters is 1. The van der Waals surface area contributed by atoms with E-state index in [4.69, 9.17) is 4.74 Å².